The van der Waals surface area contributed by atoms with Crippen molar-refractivity contribution in [2.24, 2.45) is 0 Å². The van der Waals surface area contributed by atoms with E-state index in [0.717, 1.165) is 32.4 Å². The van der Waals surface area contributed by atoms with Crippen LogP contribution in [-0.4, -0.2) is 68.3 Å². The molecule has 1 fully saturated rings. The Morgan fingerprint density at radius 1 is 1.32 bits per heavy atom. The molecule has 1 aliphatic rings. The Balaban J connectivity index is 2.34. The highest BCUT2D eigenvalue weighted by Crippen LogP contribution is 2.16. The van der Waals surface area contributed by atoms with Crippen LogP contribution < -0.4 is 5.32 Å². The maximum absolute atomic E-state index is 12.2. The molecule has 1 aliphatic heterocycles. The zero-order valence-electron chi connectivity index (χ0n) is 12.8. The molecule has 0 bridgehead atoms. The van der Waals surface area contributed by atoms with Crippen LogP contribution in [-0.2, 0) is 9.53 Å². The third-order valence-corrected chi connectivity index (χ3v) is 3.48. The number of ether oxygens (including phenoxy) is 1. The van der Waals surface area contributed by atoms with E-state index in [4.69, 9.17) is 4.74 Å². The van der Waals surface area contributed by atoms with Crippen LogP contribution in [0.15, 0.2) is 0 Å². The number of nitrogens with one attached hydrogen (secondary N) is 1. The summed E-state index contributed by atoms with van der Waals surface area (Å²) >= 11 is 0. The average Bonchev–Trinajstić information content (AvgIpc) is 2.66. The van der Waals surface area contributed by atoms with Crippen molar-refractivity contribution in [2.75, 3.05) is 40.4 Å². The molecule has 19 heavy (non-hydrogen) atoms. The topological polar surface area (TPSA) is 44.8 Å². The molecule has 0 aromatic carbocycles. The molecule has 0 spiro atoms. The summed E-state index contributed by atoms with van der Waals surface area (Å²) in [5.41, 5.74) is 0. The molecule has 1 amide bonds. The number of nitrogens with zero attached hydrogens (tertiary/aromatic N) is 2. The third kappa shape index (κ3) is 5.09. The van der Waals surface area contributed by atoms with E-state index in [1.807, 2.05) is 19.0 Å². The summed E-state index contributed by atoms with van der Waals surface area (Å²) in [6.07, 6.45) is 3.15. The molecule has 1 rings (SSSR count). The predicted molar refractivity (Wildman–Crippen MR) is 77.0 cm³/mol. The van der Waals surface area contributed by atoms with E-state index in [9.17, 15) is 4.79 Å². The van der Waals surface area contributed by atoms with Crippen molar-refractivity contribution in [3.63, 3.8) is 0 Å². The van der Waals surface area contributed by atoms with E-state index >= 15 is 0 Å². The van der Waals surface area contributed by atoms with Gasteiger partial charge in [0.05, 0.1) is 25.4 Å². The molecule has 0 aromatic rings. The number of hydrogen-bond acceptors (Lipinski definition) is 4. The first-order valence-corrected chi connectivity index (χ1v) is 7.39. The van der Waals surface area contributed by atoms with E-state index in [0.29, 0.717) is 13.2 Å². The van der Waals surface area contributed by atoms with Gasteiger partial charge in [0, 0.05) is 13.1 Å². The Labute approximate surface area is 117 Å². The zero-order chi connectivity index (χ0) is 14.3. The van der Waals surface area contributed by atoms with Gasteiger partial charge in [-0.1, -0.05) is 20.3 Å². The molecule has 1 N–H and O–H groups in total. The summed E-state index contributed by atoms with van der Waals surface area (Å²) in [6.45, 7) is 7.16. The summed E-state index contributed by atoms with van der Waals surface area (Å²) in [6, 6.07) is -0.00155. The van der Waals surface area contributed by atoms with Crippen LogP contribution in [0.2, 0.25) is 0 Å². The third-order valence-electron chi connectivity index (χ3n) is 3.48. The Morgan fingerprint density at radius 2 is 2.05 bits per heavy atom. The number of amides is 1. The molecule has 0 radical (unpaired) electrons. The lowest BCUT2D eigenvalue weighted by atomic mass is 10.2. The average molecular weight is 271 g/mol. The number of rotatable bonds is 9. The molecule has 0 aromatic heterocycles. The van der Waals surface area contributed by atoms with Gasteiger partial charge in [0.1, 0.15) is 0 Å². The summed E-state index contributed by atoms with van der Waals surface area (Å²) in [7, 11) is 4.06. The minimum absolute atomic E-state index is 0.00155. The van der Waals surface area contributed by atoms with Crippen LogP contribution in [0.1, 0.15) is 33.1 Å². The zero-order valence-corrected chi connectivity index (χ0v) is 12.8. The molecule has 5 nitrogen and oxygen atoms in total. The van der Waals surface area contributed by atoms with E-state index in [-0.39, 0.29) is 18.1 Å². The summed E-state index contributed by atoms with van der Waals surface area (Å²) < 4.78 is 5.59. The van der Waals surface area contributed by atoms with Crippen molar-refractivity contribution >= 4 is 5.91 Å². The van der Waals surface area contributed by atoms with Crippen LogP contribution >= 0.6 is 0 Å². The molecule has 0 saturated carbocycles. The molecule has 0 aliphatic carbocycles. The van der Waals surface area contributed by atoms with Gasteiger partial charge in [-0.3, -0.25) is 10.1 Å². The fraction of sp³-hybridized carbons (Fsp3) is 0.929. The predicted octanol–water partition coefficient (Wildman–Crippen LogP) is 0.901. The van der Waals surface area contributed by atoms with Gasteiger partial charge in [0.25, 0.3) is 0 Å². The van der Waals surface area contributed by atoms with Crippen molar-refractivity contribution in [3.8, 4) is 0 Å². The second-order valence-corrected chi connectivity index (χ2v) is 5.38. The normalized spacial score (nSPS) is 23.6. The van der Waals surface area contributed by atoms with Crippen LogP contribution in [0.25, 0.3) is 0 Å². The minimum atomic E-state index is -0.00155. The van der Waals surface area contributed by atoms with Gasteiger partial charge in [0.2, 0.25) is 5.91 Å². The highest BCUT2D eigenvalue weighted by atomic mass is 16.5. The highest BCUT2D eigenvalue weighted by Gasteiger charge is 2.36. The van der Waals surface area contributed by atoms with Gasteiger partial charge < -0.3 is 14.5 Å². The summed E-state index contributed by atoms with van der Waals surface area (Å²) in [5.74, 6) is 0.233. The van der Waals surface area contributed by atoms with Gasteiger partial charge in [-0.05, 0) is 26.9 Å². The fourth-order valence-electron chi connectivity index (χ4n) is 2.33. The number of carbonyl (C=O) groups excluding carboxylic acids is 1. The second kappa shape index (κ2) is 8.51. The lowest BCUT2D eigenvalue weighted by molar-refractivity contribution is -0.130. The maximum atomic E-state index is 12.2. The van der Waals surface area contributed by atoms with Gasteiger partial charge >= 0.3 is 0 Å². The monoisotopic (exact) mass is 271 g/mol. The van der Waals surface area contributed by atoms with Gasteiger partial charge in [-0.2, -0.15) is 0 Å². The lowest BCUT2D eigenvalue weighted by Crippen LogP contribution is -2.39. The Morgan fingerprint density at radius 3 is 2.63 bits per heavy atom. The maximum Gasteiger partial charge on any atom is 0.241 e. The highest BCUT2D eigenvalue weighted by molar-refractivity contribution is 5.84. The van der Waals surface area contributed by atoms with Gasteiger partial charge in [-0.15, -0.1) is 0 Å². The summed E-state index contributed by atoms with van der Waals surface area (Å²) in [5, 5.41) is 3.41. The standard InChI is InChI=1S/C14H29N3O2/c1-5-7-13-15-12(6-2)14(18)17(13)9-11-19-10-8-16(3)4/h12-13,15H,5-11H2,1-4H3. The first-order valence-electron chi connectivity index (χ1n) is 7.39. The van der Waals surface area contributed by atoms with Crippen LogP contribution in [0.5, 0.6) is 0 Å². The van der Waals surface area contributed by atoms with E-state index in [1.165, 1.54) is 0 Å². The largest absolute Gasteiger partial charge is 0.378 e. The Kier molecular flexibility index (Phi) is 7.34. The number of carbonyl (C=O) groups is 1. The van der Waals surface area contributed by atoms with Crippen LogP contribution in [0.3, 0.4) is 0 Å². The van der Waals surface area contributed by atoms with Crippen molar-refractivity contribution in [2.45, 2.75) is 45.3 Å². The van der Waals surface area contributed by atoms with E-state index < -0.39 is 0 Å². The second-order valence-electron chi connectivity index (χ2n) is 5.38. The van der Waals surface area contributed by atoms with Crippen molar-refractivity contribution in [1.29, 1.82) is 0 Å². The smallest absolute Gasteiger partial charge is 0.241 e. The molecular weight excluding hydrogens is 242 g/mol. The van der Waals surface area contributed by atoms with Gasteiger partial charge in [-0.25, -0.2) is 0 Å². The molecule has 2 atom stereocenters. The molecular formula is C14H29N3O2. The molecule has 5 heteroatoms. The van der Waals surface area contributed by atoms with Gasteiger partial charge in [0.15, 0.2) is 0 Å². The fourth-order valence-corrected chi connectivity index (χ4v) is 2.33. The Hall–Kier alpha value is -0.650. The van der Waals surface area contributed by atoms with E-state index in [2.05, 4.69) is 24.1 Å². The number of hydrogen-bond donors (Lipinski definition) is 1. The molecule has 1 saturated heterocycles. The quantitative estimate of drug-likeness (QED) is 0.633. The van der Waals surface area contributed by atoms with Crippen molar-refractivity contribution in [3.05, 3.63) is 0 Å². The first kappa shape index (κ1) is 16.4. The van der Waals surface area contributed by atoms with Crippen molar-refractivity contribution < 1.29 is 9.53 Å². The molecule has 2 unspecified atom stereocenters. The van der Waals surface area contributed by atoms with Crippen LogP contribution in [0, 0.1) is 0 Å². The Bertz CT molecular complexity index is 271. The first-order chi connectivity index (χ1) is 9.10. The minimum Gasteiger partial charge on any atom is -0.378 e. The van der Waals surface area contributed by atoms with Crippen LogP contribution in [0.4, 0.5) is 0 Å². The number of likely N-dealkylation sites (N-methyl/N-ethyl adjacent to an activating group) is 1. The SMILES string of the molecule is CCCC1NC(CC)C(=O)N1CCOCCN(C)C. The summed E-state index contributed by atoms with van der Waals surface area (Å²) in [4.78, 5) is 16.2. The molecule has 1 heterocycles. The molecule has 112 valence electrons. The van der Waals surface area contributed by atoms with E-state index in [1.54, 1.807) is 0 Å². The van der Waals surface area contributed by atoms with Crippen molar-refractivity contribution in [1.82, 2.24) is 15.1 Å². The lowest BCUT2D eigenvalue weighted by Gasteiger charge is -2.23.